The lowest BCUT2D eigenvalue weighted by atomic mass is 9.94. The van der Waals surface area contributed by atoms with Gasteiger partial charge < -0.3 is 4.57 Å². The summed E-state index contributed by atoms with van der Waals surface area (Å²) in [5.41, 5.74) is 11.3. The third-order valence-corrected chi connectivity index (χ3v) is 10.8. The number of hydrogen-bond acceptors (Lipinski definition) is 4. The number of pyridine rings is 1. The number of nitrogens with zero attached hydrogens (tertiary/aromatic N) is 5. The van der Waals surface area contributed by atoms with Crippen molar-refractivity contribution in [1.29, 1.82) is 0 Å². The minimum atomic E-state index is 0.616. The van der Waals surface area contributed by atoms with Crippen LogP contribution in [0.15, 0.2) is 200 Å². The van der Waals surface area contributed by atoms with Gasteiger partial charge in [0, 0.05) is 55.0 Å². The molecular weight excluding hydrogens is 695 g/mol. The first kappa shape index (κ1) is 32.7. The van der Waals surface area contributed by atoms with Gasteiger partial charge in [-0.25, -0.2) is 19.9 Å². The number of rotatable bonds is 6. The summed E-state index contributed by atoms with van der Waals surface area (Å²) in [4.78, 5) is 20.5. The normalized spacial score (nSPS) is 11.5. The molecule has 0 spiro atoms. The second-order valence-electron chi connectivity index (χ2n) is 14.3. The Morgan fingerprint density at radius 1 is 0.298 bits per heavy atom. The smallest absolute Gasteiger partial charge is 0.164 e. The Morgan fingerprint density at radius 2 is 0.825 bits per heavy atom. The van der Waals surface area contributed by atoms with E-state index in [9.17, 15) is 0 Å². The van der Waals surface area contributed by atoms with Crippen molar-refractivity contribution in [3.63, 3.8) is 0 Å². The zero-order valence-electron chi connectivity index (χ0n) is 30.8. The SMILES string of the molecule is c1ccc(-c2nc(-c3ccccc3)nc(-c3cccc(-c4cccc5c4nc(-c4ccccc4)c4cc6c(cc45)c4ccccc4n6-c4ccccc4)c3)n2)cc1. The summed E-state index contributed by atoms with van der Waals surface area (Å²) in [7, 11) is 0. The van der Waals surface area contributed by atoms with Crippen molar-refractivity contribution in [2.24, 2.45) is 0 Å². The van der Waals surface area contributed by atoms with Crippen LogP contribution in [-0.2, 0) is 0 Å². The fourth-order valence-electron chi connectivity index (χ4n) is 8.15. The molecule has 5 nitrogen and oxygen atoms in total. The second kappa shape index (κ2) is 13.5. The Bertz CT molecular complexity index is 3210. The summed E-state index contributed by atoms with van der Waals surface area (Å²) in [6.07, 6.45) is 0. The van der Waals surface area contributed by atoms with Gasteiger partial charge in [0.05, 0.1) is 22.2 Å². The maximum atomic E-state index is 5.57. The van der Waals surface area contributed by atoms with E-state index >= 15 is 0 Å². The number of fused-ring (bicyclic) bond motifs is 6. The lowest BCUT2D eigenvalue weighted by Crippen LogP contribution is -2.00. The average molecular weight is 728 g/mol. The molecule has 3 aromatic heterocycles. The third kappa shape index (κ3) is 5.64. The van der Waals surface area contributed by atoms with Crippen LogP contribution in [0.5, 0.6) is 0 Å². The van der Waals surface area contributed by atoms with E-state index < -0.39 is 0 Å². The van der Waals surface area contributed by atoms with Crippen LogP contribution in [0.25, 0.3) is 106 Å². The van der Waals surface area contributed by atoms with Gasteiger partial charge in [-0.2, -0.15) is 0 Å². The molecular formula is C52H33N5. The molecule has 0 aliphatic heterocycles. The van der Waals surface area contributed by atoms with Crippen LogP contribution < -0.4 is 0 Å². The van der Waals surface area contributed by atoms with Crippen molar-refractivity contribution in [2.45, 2.75) is 0 Å². The van der Waals surface area contributed by atoms with E-state index in [0.29, 0.717) is 17.5 Å². The molecule has 0 fully saturated rings. The van der Waals surface area contributed by atoms with Crippen molar-refractivity contribution in [1.82, 2.24) is 24.5 Å². The predicted octanol–water partition coefficient (Wildman–Crippen LogP) is 13.0. The minimum absolute atomic E-state index is 0.616. The largest absolute Gasteiger partial charge is 0.309 e. The maximum absolute atomic E-state index is 5.57. The van der Waals surface area contributed by atoms with E-state index in [1.165, 1.54) is 16.3 Å². The van der Waals surface area contributed by atoms with Crippen LogP contribution in [0.4, 0.5) is 0 Å². The summed E-state index contributed by atoms with van der Waals surface area (Å²) in [6, 6.07) is 69.8. The van der Waals surface area contributed by atoms with Gasteiger partial charge in [0.1, 0.15) is 0 Å². The molecule has 0 saturated carbocycles. The van der Waals surface area contributed by atoms with Crippen molar-refractivity contribution in [3.8, 4) is 62.2 Å². The average Bonchev–Trinajstić information content (AvgIpc) is 3.62. The highest BCUT2D eigenvalue weighted by Gasteiger charge is 2.20. The van der Waals surface area contributed by atoms with Gasteiger partial charge in [0.2, 0.25) is 0 Å². The van der Waals surface area contributed by atoms with Gasteiger partial charge in [-0.1, -0.05) is 164 Å². The maximum Gasteiger partial charge on any atom is 0.164 e. The molecule has 0 N–H and O–H groups in total. The van der Waals surface area contributed by atoms with Crippen molar-refractivity contribution in [3.05, 3.63) is 200 Å². The molecule has 5 heteroatoms. The molecule has 0 aliphatic carbocycles. The van der Waals surface area contributed by atoms with E-state index in [1.807, 2.05) is 60.7 Å². The van der Waals surface area contributed by atoms with Crippen LogP contribution in [-0.4, -0.2) is 24.5 Å². The quantitative estimate of drug-likeness (QED) is 0.160. The van der Waals surface area contributed by atoms with Crippen LogP contribution >= 0.6 is 0 Å². The number of hydrogen-bond donors (Lipinski definition) is 0. The van der Waals surface area contributed by atoms with Crippen LogP contribution in [0.1, 0.15) is 0 Å². The van der Waals surface area contributed by atoms with Gasteiger partial charge >= 0.3 is 0 Å². The first-order chi connectivity index (χ1) is 28.3. The van der Waals surface area contributed by atoms with Gasteiger partial charge in [-0.15, -0.1) is 0 Å². The van der Waals surface area contributed by atoms with E-state index in [0.717, 1.165) is 72.0 Å². The molecule has 3 heterocycles. The van der Waals surface area contributed by atoms with Gasteiger partial charge in [0.25, 0.3) is 0 Å². The molecule has 0 bridgehead atoms. The zero-order chi connectivity index (χ0) is 37.7. The number of benzene rings is 8. The Balaban J connectivity index is 1.15. The molecule has 0 saturated heterocycles. The molecule has 11 aromatic rings. The lowest BCUT2D eigenvalue weighted by molar-refractivity contribution is 1.07. The monoisotopic (exact) mass is 727 g/mol. The van der Waals surface area contributed by atoms with Gasteiger partial charge in [0.15, 0.2) is 17.5 Å². The molecule has 0 atom stereocenters. The summed E-state index contributed by atoms with van der Waals surface area (Å²) in [5.74, 6) is 1.89. The fraction of sp³-hybridized carbons (Fsp3) is 0. The van der Waals surface area contributed by atoms with Gasteiger partial charge in [-0.05, 0) is 47.3 Å². The van der Waals surface area contributed by atoms with E-state index in [4.69, 9.17) is 19.9 Å². The summed E-state index contributed by atoms with van der Waals surface area (Å²) in [5, 5.41) is 5.80. The molecule has 11 rings (SSSR count). The lowest BCUT2D eigenvalue weighted by Gasteiger charge is -2.15. The number of para-hydroxylation sites is 3. The summed E-state index contributed by atoms with van der Waals surface area (Å²) in [6.45, 7) is 0. The highest BCUT2D eigenvalue weighted by Crippen LogP contribution is 2.42. The van der Waals surface area contributed by atoms with Crippen molar-refractivity contribution >= 4 is 43.5 Å². The minimum Gasteiger partial charge on any atom is -0.309 e. The Kier molecular flexibility index (Phi) is 7.74. The summed E-state index contributed by atoms with van der Waals surface area (Å²) >= 11 is 0. The third-order valence-electron chi connectivity index (χ3n) is 10.8. The van der Waals surface area contributed by atoms with Crippen LogP contribution in [0.2, 0.25) is 0 Å². The fourth-order valence-corrected chi connectivity index (χ4v) is 8.15. The van der Waals surface area contributed by atoms with E-state index in [2.05, 4.69) is 144 Å². The Hall–Kier alpha value is -7.76. The first-order valence-electron chi connectivity index (χ1n) is 19.1. The van der Waals surface area contributed by atoms with Crippen LogP contribution in [0.3, 0.4) is 0 Å². The molecule has 0 aliphatic rings. The molecule has 57 heavy (non-hydrogen) atoms. The van der Waals surface area contributed by atoms with E-state index in [1.54, 1.807) is 0 Å². The first-order valence-corrected chi connectivity index (χ1v) is 19.1. The molecule has 0 unspecified atom stereocenters. The highest BCUT2D eigenvalue weighted by atomic mass is 15.0. The van der Waals surface area contributed by atoms with Crippen LogP contribution in [0, 0.1) is 0 Å². The summed E-state index contributed by atoms with van der Waals surface area (Å²) < 4.78 is 2.37. The molecule has 0 radical (unpaired) electrons. The molecule has 266 valence electrons. The Labute approximate surface area is 329 Å². The van der Waals surface area contributed by atoms with Gasteiger partial charge in [-0.3, -0.25) is 0 Å². The van der Waals surface area contributed by atoms with E-state index in [-0.39, 0.29) is 0 Å². The molecule has 0 amide bonds. The zero-order valence-corrected chi connectivity index (χ0v) is 30.8. The molecule has 8 aromatic carbocycles. The standard InChI is InChI=1S/C52H33N5/c1-5-17-34(18-6-1)48-45-33-47-44(41-27-13-14-30-46(41)57(47)39-25-11-4-12-26-39)32-43(45)42-29-16-28-40(49(42)53-48)37-23-15-24-38(31-37)52-55-50(35-19-7-2-8-20-35)54-51(56-52)36-21-9-3-10-22-36/h1-33H. The second-order valence-corrected chi connectivity index (χ2v) is 14.3. The predicted molar refractivity (Wildman–Crippen MR) is 234 cm³/mol. The topological polar surface area (TPSA) is 56.5 Å². The highest BCUT2D eigenvalue weighted by molar-refractivity contribution is 6.21. The van der Waals surface area contributed by atoms with Crippen molar-refractivity contribution in [2.75, 3.05) is 0 Å². The van der Waals surface area contributed by atoms with Crippen molar-refractivity contribution < 1.29 is 0 Å². The Morgan fingerprint density at radius 3 is 1.51 bits per heavy atom. The number of aromatic nitrogens is 5.